The van der Waals surface area contributed by atoms with Gasteiger partial charge in [0.05, 0.1) is 0 Å². The largest absolute Gasteiger partial charge is 0.300 e. The predicted molar refractivity (Wildman–Crippen MR) is 46.8 cm³/mol. The van der Waals surface area contributed by atoms with Gasteiger partial charge in [0, 0.05) is 18.8 Å². The summed E-state index contributed by atoms with van der Waals surface area (Å²) in [5.41, 5.74) is 0. The first-order chi connectivity index (χ1) is 5.61. The van der Waals surface area contributed by atoms with Crippen LogP contribution in [0.2, 0.25) is 0 Å². The minimum Gasteiger partial charge on any atom is -0.300 e. The molecule has 1 saturated carbocycles. The summed E-state index contributed by atoms with van der Waals surface area (Å²) in [6, 6.07) is 0. The van der Waals surface area contributed by atoms with Crippen molar-refractivity contribution >= 4 is 11.6 Å². The van der Waals surface area contributed by atoms with Crippen LogP contribution in [0.3, 0.4) is 0 Å². The molecule has 12 heavy (non-hydrogen) atoms. The average molecular weight is 168 g/mol. The van der Waals surface area contributed by atoms with Gasteiger partial charge in [0.1, 0.15) is 11.6 Å². The summed E-state index contributed by atoms with van der Waals surface area (Å²) in [6.07, 6.45) is 3.25. The maximum absolute atomic E-state index is 11.4. The highest BCUT2D eigenvalue weighted by molar-refractivity contribution is 5.87. The van der Waals surface area contributed by atoms with Crippen molar-refractivity contribution in [2.45, 2.75) is 39.5 Å². The zero-order valence-electron chi connectivity index (χ0n) is 7.80. The third kappa shape index (κ3) is 2.16. The minimum absolute atomic E-state index is 0.0243. The second-order valence-electron chi connectivity index (χ2n) is 3.85. The van der Waals surface area contributed by atoms with Crippen molar-refractivity contribution in [1.82, 2.24) is 0 Å². The Kier molecular flexibility index (Phi) is 3.01. The van der Waals surface area contributed by atoms with E-state index in [2.05, 4.69) is 6.92 Å². The fourth-order valence-electron chi connectivity index (χ4n) is 1.93. The molecular formula is C10H16O2. The van der Waals surface area contributed by atoms with Crippen molar-refractivity contribution in [2.24, 2.45) is 11.8 Å². The maximum Gasteiger partial charge on any atom is 0.136 e. The number of ketones is 2. The van der Waals surface area contributed by atoms with Gasteiger partial charge in [-0.25, -0.2) is 0 Å². The van der Waals surface area contributed by atoms with Gasteiger partial charge in [0.25, 0.3) is 0 Å². The number of hydrogen-bond acceptors (Lipinski definition) is 2. The standard InChI is InChI=1S/C10H16O2/c1-7-4-3-5-10(12)9(7)6-8(2)11/h7,9H,3-6H2,1-2H3/t7-,9-/m1/s1. The van der Waals surface area contributed by atoms with Crippen LogP contribution < -0.4 is 0 Å². The number of carbonyl (C=O) groups excluding carboxylic acids is 2. The Hall–Kier alpha value is -0.660. The second kappa shape index (κ2) is 3.83. The van der Waals surface area contributed by atoms with E-state index in [9.17, 15) is 9.59 Å². The van der Waals surface area contributed by atoms with Crippen LogP contribution in [0.5, 0.6) is 0 Å². The first-order valence-electron chi connectivity index (χ1n) is 4.63. The molecule has 68 valence electrons. The summed E-state index contributed by atoms with van der Waals surface area (Å²) >= 11 is 0. The molecule has 0 saturated heterocycles. The van der Waals surface area contributed by atoms with Crippen LogP contribution in [0.25, 0.3) is 0 Å². The molecular weight excluding hydrogens is 152 g/mol. The highest BCUT2D eigenvalue weighted by atomic mass is 16.1. The van der Waals surface area contributed by atoms with Gasteiger partial charge in [-0.3, -0.25) is 4.79 Å². The van der Waals surface area contributed by atoms with E-state index < -0.39 is 0 Å². The van der Waals surface area contributed by atoms with Gasteiger partial charge in [-0.2, -0.15) is 0 Å². The third-order valence-corrected chi connectivity index (χ3v) is 2.69. The lowest BCUT2D eigenvalue weighted by molar-refractivity contribution is -0.130. The van der Waals surface area contributed by atoms with E-state index in [0.717, 1.165) is 12.8 Å². The van der Waals surface area contributed by atoms with Gasteiger partial charge in [0.15, 0.2) is 0 Å². The predicted octanol–water partition coefficient (Wildman–Crippen LogP) is 1.97. The molecule has 2 nitrogen and oxygen atoms in total. The lowest BCUT2D eigenvalue weighted by Crippen LogP contribution is -2.28. The average Bonchev–Trinajstić information content (AvgIpc) is 1.97. The molecule has 0 radical (unpaired) electrons. The molecule has 0 amide bonds. The lowest BCUT2D eigenvalue weighted by Gasteiger charge is -2.26. The van der Waals surface area contributed by atoms with Gasteiger partial charge in [0.2, 0.25) is 0 Å². The summed E-state index contributed by atoms with van der Waals surface area (Å²) in [7, 11) is 0. The molecule has 0 bridgehead atoms. The van der Waals surface area contributed by atoms with Crippen LogP contribution >= 0.6 is 0 Å². The van der Waals surface area contributed by atoms with Gasteiger partial charge >= 0.3 is 0 Å². The molecule has 0 N–H and O–H groups in total. The molecule has 0 aromatic carbocycles. The Morgan fingerprint density at radius 1 is 1.58 bits per heavy atom. The highest BCUT2D eigenvalue weighted by Crippen LogP contribution is 2.29. The van der Waals surface area contributed by atoms with Gasteiger partial charge in [-0.05, 0) is 25.7 Å². The molecule has 0 aliphatic heterocycles. The normalized spacial score (nSPS) is 30.3. The van der Waals surface area contributed by atoms with E-state index in [-0.39, 0.29) is 11.7 Å². The first kappa shape index (κ1) is 9.43. The van der Waals surface area contributed by atoms with Crippen LogP contribution in [-0.2, 0) is 9.59 Å². The lowest BCUT2D eigenvalue weighted by atomic mass is 9.77. The van der Waals surface area contributed by atoms with E-state index in [0.29, 0.717) is 24.5 Å². The quantitative estimate of drug-likeness (QED) is 0.631. The van der Waals surface area contributed by atoms with Crippen molar-refractivity contribution < 1.29 is 9.59 Å². The van der Waals surface area contributed by atoms with Crippen molar-refractivity contribution in [3.63, 3.8) is 0 Å². The molecule has 2 atom stereocenters. The maximum atomic E-state index is 11.4. The molecule has 1 rings (SSSR count). The highest BCUT2D eigenvalue weighted by Gasteiger charge is 2.29. The topological polar surface area (TPSA) is 34.1 Å². The Labute approximate surface area is 73.3 Å². The molecule has 0 spiro atoms. The molecule has 1 aliphatic rings. The SMILES string of the molecule is CC(=O)C[C@H]1C(=O)CCC[C@H]1C. The van der Waals surface area contributed by atoms with E-state index in [1.165, 1.54) is 0 Å². The summed E-state index contributed by atoms with van der Waals surface area (Å²) < 4.78 is 0. The van der Waals surface area contributed by atoms with E-state index in [4.69, 9.17) is 0 Å². The monoisotopic (exact) mass is 168 g/mol. The van der Waals surface area contributed by atoms with Crippen LogP contribution in [0.1, 0.15) is 39.5 Å². The molecule has 1 fully saturated rings. The second-order valence-corrected chi connectivity index (χ2v) is 3.85. The Morgan fingerprint density at radius 2 is 2.25 bits per heavy atom. The Balaban J connectivity index is 2.57. The van der Waals surface area contributed by atoms with Crippen LogP contribution in [0.15, 0.2) is 0 Å². The number of hydrogen-bond donors (Lipinski definition) is 0. The summed E-state index contributed by atoms with van der Waals surface area (Å²) in [4.78, 5) is 22.2. The molecule has 0 aromatic rings. The molecule has 1 aliphatic carbocycles. The zero-order valence-corrected chi connectivity index (χ0v) is 7.80. The van der Waals surface area contributed by atoms with E-state index in [1.807, 2.05) is 0 Å². The number of rotatable bonds is 2. The Morgan fingerprint density at radius 3 is 2.75 bits per heavy atom. The minimum atomic E-state index is 0.0243. The van der Waals surface area contributed by atoms with E-state index >= 15 is 0 Å². The fraction of sp³-hybridized carbons (Fsp3) is 0.800. The number of Topliss-reactive ketones (excluding diaryl/α,β-unsaturated/α-hetero) is 2. The molecule has 0 heterocycles. The van der Waals surface area contributed by atoms with Crippen molar-refractivity contribution in [3.05, 3.63) is 0 Å². The fourth-order valence-corrected chi connectivity index (χ4v) is 1.93. The smallest absolute Gasteiger partial charge is 0.136 e. The summed E-state index contributed by atoms with van der Waals surface area (Å²) in [6.45, 7) is 3.64. The van der Waals surface area contributed by atoms with Crippen molar-refractivity contribution in [2.75, 3.05) is 0 Å². The third-order valence-electron chi connectivity index (χ3n) is 2.69. The Bertz CT molecular complexity index is 196. The molecule has 0 unspecified atom stereocenters. The van der Waals surface area contributed by atoms with Crippen molar-refractivity contribution in [1.29, 1.82) is 0 Å². The first-order valence-corrected chi connectivity index (χ1v) is 4.63. The zero-order chi connectivity index (χ0) is 9.14. The van der Waals surface area contributed by atoms with Gasteiger partial charge in [-0.15, -0.1) is 0 Å². The van der Waals surface area contributed by atoms with Crippen LogP contribution in [-0.4, -0.2) is 11.6 Å². The van der Waals surface area contributed by atoms with Crippen LogP contribution in [0.4, 0.5) is 0 Å². The summed E-state index contributed by atoms with van der Waals surface area (Å²) in [5.74, 6) is 0.873. The molecule has 0 aromatic heterocycles. The van der Waals surface area contributed by atoms with Gasteiger partial charge in [-0.1, -0.05) is 6.92 Å². The van der Waals surface area contributed by atoms with E-state index in [1.54, 1.807) is 6.92 Å². The van der Waals surface area contributed by atoms with Crippen molar-refractivity contribution in [3.8, 4) is 0 Å². The van der Waals surface area contributed by atoms with Crippen LogP contribution in [0, 0.1) is 11.8 Å². The molecule has 2 heteroatoms. The van der Waals surface area contributed by atoms with Gasteiger partial charge < -0.3 is 4.79 Å². The summed E-state index contributed by atoms with van der Waals surface area (Å²) in [5, 5.41) is 0. The number of carbonyl (C=O) groups is 2.